The standard InChI is InChI=1S/C14H18ClNO3/c1-9(2)14(16-13(17)8-15)10-3-4-11-12(7-10)19-6-5-18-11/h3-4,7,9,14H,5-6,8H2,1-2H3,(H,16,17). The van der Waals surface area contributed by atoms with E-state index >= 15 is 0 Å². The quantitative estimate of drug-likeness (QED) is 0.864. The van der Waals surface area contributed by atoms with E-state index < -0.39 is 0 Å². The Hall–Kier alpha value is -1.42. The molecule has 1 aliphatic rings. The fraction of sp³-hybridized carbons (Fsp3) is 0.500. The van der Waals surface area contributed by atoms with Crippen molar-refractivity contribution in [1.29, 1.82) is 0 Å². The number of amides is 1. The van der Waals surface area contributed by atoms with Crippen LogP contribution in [0, 0.1) is 5.92 Å². The lowest BCUT2D eigenvalue weighted by atomic mass is 9.95. The monoisotopic (exact) mass is 283 g/mol. The summed E-state index contributed by atoms with van der Waals surface area (Å²) in [6, 6.07) is 5.67. The molecule has 5 heteroatoms. The Morgan fingerprint density at radius 2 is 2.00 bits per heavy atom. The highest BCUT2D eigenvalue weighted by Crippen LogP contribution is 2.34. The van der Waals surface area contributed by atoms with Crippen molar-refractivity contribution in [3.8, 4) is 11.5 Å². The summed E-state index contributed by atoms with van der Waals surface area (Å²) in [6.45, 7) is 5.23. The molecular weight excluding hydrogens is 266 g/mol. The number of benzene rings is 1. The van der Waals surface area contributed by atoms with Crippen LogP contribution >= 0.6 is 11.6 Å². The number of fused-ring (bicyclic) bond motifs is 1. The van der Waals surface area contributed by atoms with Crippen molar-refractivity contribution in [2.75, 3.05) is 19.1 Å². The minimum absolute atomic E-state index is 0.0340. The first-order valence-corrected chi connectivity index (χ1v) is 6.90. The molecule has 2 rings (SSSR count). The van der Waals surface area contributed by atoms with Crippen LogP contribution in [0.2, 0.25) is 0 Å². The zero-order valence-corrected chi connectivity index (χ0v) is 11.9. The minimum Gasteiger partial charge on any atom is -0.486 e. The molecule has 4 nitrogen and oxygen atoms in total. The van der Waals surface area contributed by atoms with E-state index in [0.717, 1.165) is 17.1 Å². The van der Waals surface area contributed by atoms with Gasteiger partial charge in [-0.05, 0) is 23.6 Å². The molecule has 0 aromatic heterocycles. The fourth-order valence-corrected chi connectivity index (χ4v) is 2.18. The van der Waals surface area contributed by atoms with Crippen LogP contribution < -0.4 is 14.8 Å². The lowest BCUT2D eigenvalue weighted by molar-refractivity contribution is -0.119. The minimum atomic E-state index is -0.171. The Morgan fingerprint density at radius 1 is 1.32 bits per heavy atom. The summed E-state index contributed by atoms with van der Waals surface area (Å²) in [5, 5.41) is 2.92. The van der Waals surface area contributed by atoms with Crippen LogP contribution in [0.1, 0.15) is 25.5 Å². The first-order valence-electron chi connectivity index (χ1n) is 6.36. The van der Waals surface area contributed by atoms with Gasteiger partial charge in [0.05, 0.1) is 6.04 Å². The van der Waals surface area contributed by atoms with E-state index in [-0.39, 0.29) is 23.7 Å². The van der Waals surface area contributed by atoms with Gasteiger partial charge in [0.1, 0.15) is 19.1 Å². The molecule has 0 spiro atoms. The number of halogens is 1. The Morgan fingerprint density at radius 3 is 2.63 bits per heavy atom. The average Bonchev–Trinajstić information content (AvgIpc) is 2.43. The highest BCUT2D eigenvalue weighted by atomic mass is 35.5. The Bertz CT molecular complexity index is 462. The molecular formula is C14H18ClNO3. The fourth-order valence-electron chi connectivity index (χ4n) is 2.10. The Balaban J connectivity index is 2.24. The Labute approximate surface area is 118 Å². The zero-order valence-electron chi connectivity index (χ0n) is 11.1. The molecule has 0 fully saturated rings. The average molecular weight is 284 g/mol. The molecule has 1 aliphatic heterocycles. The van der Waals surface area contributed by atoms with E-state index in [1.54, 1.807) is 0 Å². The van der Waals surface area contributed by atoms with Gasteiger partial charge in [-0.1, -0.05) is 19.9 Å². The van der Waals surface area contributed by atoms with E-state index in [1.807, 2.05) is 18.2 Å². The van der Waals surface area contributed by atoms with Crippen LogP contribution in [0.15, 0.2) is 18.2 Å². The molecule has 1 atom stereocenters. The van der Waals surface area contributed by atoms with Crippen molar-refractivity contribution in [3.63, 3.8) is 0 Å². The summed E-state index contributed by atoms with van der Waals surface area (Å²) < 4.78 is 11.0. The van der Waals surface area contributed by atoms with Gasteiger partial charge in [0, 0.05) is 0 Å². The van der Waals surface area contributed by atoms with Gasteiger partial charge in [-0.2, -0.15) is 0 Å². The van der Waals surface area contributed by atoms with Crippen LogP contribution in [0.4, 0.5) is 0 Å². The molecule has 19 heavy (non-hydrogen) atoms. The number of ether oxygens (including phenoxy) is 2. The van der Waals surface area contributed by atoms with Crippen LogP contribution in [0.5, 0.6) is 11.5 Å². The first kappa shape index (κ1) is 14.0. The third-order valence-electron chi connectivity index (χ3n) is 3.03. The number of hydrogen-bond donors (Lipinski definition) is 1. The summed E-state index contributed by atoms with van der Waals surface area (Å²) in [4.78, 5) is 11.5. The number of carbonyl (C=O) groups is 1. The number of rotatable bonds is 4. The molecule has 1 unspecified atom stereocenters. The second-order valence-electron chi connectivity index (χ2n) is 4.83. The smallest absolute Gasteiger partial charge is 0.235 e. The van der Waals surface area contributed by atoms with Crippen LogP contribution in [0.25, 0.3) is 0 Å². The third kappa shape index (κ3) is 3.32. The maximum Gasteiger partial charge on any atom is 0.235 e. The predicted octanol–water partition coefficient (Wildman–Crippen LogP) is 2.51. The van der Waals surface area contributed by atoms with Crippen molar-refractivity contribution < 1.29 is 14.3 Å². The van der Waals surface area contributed by atoms with Gasteiger partial charge in [-0.25, -0.2) is 0 Å². The molecule has 1 heterocycles. The third-order valence-corrected chi connectivity index (χ3v) is 3.27. The molecule has 104 valence electrons. The molecule has 1 amide bonds. The van der Waals surface area contributed by atoms with Crippen molar-refractivity contribution in [1.82, 2.24) is 5.32 Å². The van der Waals surface area contributed by atoms with Gasteiger partial charge in [-0.3, -0.25) is 4.79 Å². The largest absolute Gasteiger partial charge is 0.486 e. The molecule has 1 aromatic carbocycles. The maximum absolute atomic E-state index is 11.5. The Kier molecular flexibility index (Phi) is 4.53. The summed E-state index contributed by atoms with van der Waals surface area (Å²) in [5.74, 6) is 1.54. The lowest BCUT2D eigenvalue weighted by Crippen LogP contribution is -2.32. The summed E-state index contributed by atoms with van der Waals surface area (Å²) in [6.07, 6.45) is 0. The van der Waals surface area contributed by atoms with Crippen molar-refractivity contribution >= 4 is 17.5 Å². The topological polar surface area (TPSA) is 47.6 Å². The number of nitrogens with one attached hydrogen (secondary N) is 1. The zero-order chi connectivity index (χ0) is 13.8. The normalized spacial score (nSPS) is 15.2. The van der Waals surface area contributed by atoms with Crippen molar-refractivity contribution in [3.05, 3.63) is 23.8 Å². The second-order valence-corrected chi connectivity index (χ2v) is 5.09. The van der Waals surface area contributed by atoms with Gasteiger partial charge >= 0.3 is 0 Å². The van der Waals surface area contributed by atoms with E-state index in [4.69, 9.17) is 21.1 Å². The highest BCUT2D eigenvalue weighted by molar-refractivity contribution is 6.27. The molecule has 0 aliphatic carbocycles. The molecule has 1 aromatic rings. The van der Waals surface area contributed by atoms with Crippen LogP contribution in [0.3, 0.4) is 0 Å². The van der Waals surface area contributed by atoms with Crippen molar-refractivity contribution in [2.45, 2.75) is 19.9 Å². The summed E-state index contributed by atoms with van der Waals surface area (Å²) >= 11 is 5.55. The van der Waals surface area contributed by atoms with Crippen LogP contribution in [-0.2, 0) is 4.79 Å². The van der Waals surface area contributed by atoms with Gasteiger partial charge in [-0.15, -0.1) is 11.6 Å². The predicted molar refractivity (Wildman–Crippen MR) is 73.9 cm³/mol. The van der Waals surface area contributed by atoms with E-state index in [9.17, 15) is 4.79 Å². The van der Waals surface area contributed by atoms with E-state index in [0.29, 0.717) is 13.2 Å². The van der Waals surface area contributed by atoms with Gasteiger partial charge in [0.2, 0.25) is 5.91 Å². The second kappa shape index (κ2) is 6.15. The summed E-state index contributed by atoms with van der Waals surface area (Å²) in [7, 11) is 0. The summed E-state index contributed by atoms with van der Waals surface area (Å²) in [5.41, 5.74) is 0.998. The molecule has 0 saturated heterocycles. The molecule has 0 saturated carbocycles. The van der Waals surface area contributed by atoms with Crippen LogP contribution in [-0.4, -0.2) is 25.0 Å². The first-order chi connectivity index (χ1) is 9.11. The van der Waals surface area contributed by atoms with Gasteiger partial charge < -0.3 is 14.8 Å². The lowest BCUT2D eigenvalue weighted by Gasteiger charge is -2.25. The molecule has 0 radical (unpaired) electrons. The highest BCUT2D eigenvalue weighted by Gasteiger charge is 2.20. The number of carbonyl (C=O) groups excluding carboxylic acids is 1. The molecule has 0 bridgehead atoms. The maximum atomic E-state index is 11.5. The van der Waals surface area contributed by atoms with Gasteiger partial charge in [0.25, 0.3) is 0 Å². The number of hydrogen-bond acceptors (Lipinski definition) is 3. The van der Waals surface area contributed by atoms with Gasteiger partial charge in [0.15, 0.2) is 11.5 Å². The number of alkyl halides is 1. The SMILES string of the molecule is CC(C)C(NC(=O)CCl)c1ccc2c(c1)OCCO2. The van der Waals surface area contributed by atoms with E-state index in [1.165, 1.54) is 0 Å². The van der Waals surface area contributed by atoms with Crippen molar-refractivity contribution in [2.24, 2.45) is 5.92 Å². The molecule has 1 N–H and O–H groups in total. The van der Waals surface area contributed by atoms with E-state index in [2.05, 4.69) is 19.2 Å².